The maximum atomic E-state index is 13.3. The van der Waals surface area contributed by atoms with Crippen LogP contribution in [-0.2, 0) is 23.7 Å². The highest BCUT2D eigenvalue weighted by Crippen LogP contribution is 2.30. The van der Waals surface area contributed by atoms with E-state index in [1.54, 1.807) is 0 Å². The lowest BCUT2D eigenvalue weighted by Gasteiger charge is -2.46. The largest absolute Gasteiger partial charge is 0.394 e. The van der Waals surface area contributed by atoms with Crippen molar-refractivity contribution < 1.29 is 64.6 Å². The summed E-state index contributed by atoms with van der Waals surface area (Å²) in [6, 6.07) is -0.830. The van der Waals surface area contributed by atoms with Crippen LogP contribution in [0.4, 0.5) is 0 Å². The second-order valence-electron chi connectivity index (χ2n) is 26.1. The zero-order valence-electron chi connectivity index (χ0n) is 54.9. The molecule has 0 bridgehead atoms. The molecule has 2 rings (SSSR count). The van der Waals surface area contributed by atoms with Gasteiger partial charge in [-0.25, -0.2) is 0 Å². The summed E-state index contributed by atoms with van der Waals surface area (Å²) in [5.41, 5.74) is 0. The molecule has 0 aliphatic carbocycles. The fraction of sp³-hybridized carbons (Fsp3) is 0.958. The minimum absolute atomic E-state index is 0.205. The van der Waals surface area contributed by atoms with Crippen LogP contribution < -0.4 is 5.32 Å². The highest BCUT2D eigenvalue weighted by Gasteiger charge is 2.51. The van der Waals surface area contributed by atoms with Gasteiger partial charge in [-0.2, -0.15) is 0 Å². The van der Waals surface area contributed by atoms with Gasteiger partial charge in [0.2, 0.25) is 5.91 Å². The van der Waals surface area contributed by atoms with Gasteiger partial charge in [0.1, 0.15) is 48.8 Å². The second-order valence-corrected chi connectivity index (χ2v) is 26.1. The molecule has 0 aromatic rings. The van der Waals surface area contributed by atoms with Crippen LogP contribution in [0, 0.1) is 0 Å². The zero-order chi connectivity index (χ0) is 61.6. The number of ether oxygens (including phenoxy) is 4. The number of carbonyl (C=O) groups is 1. The molecule has 85 heavy (non-hydrogen) atoms. The van der Waals surface area contributed by atoms with Crippen molar-refractivity contribution in [1.29, 1.82) is 0 Å². The monoisotopic (exact) mass is 1210 g/mol. The molecule has 0 spiro atoms. The van der Waals surface area contributed by atoms with Crippen LogP contribution in [0.3, 0.4) is 0 Å². The number of unbranched alkanes of at least 4 members (excludes halogenated alkanes) is 46. The third kappa shape index (κ3) is 41.0. The van der Waals surface area contributed by atoms with Crippen LogP contribution in [0.25, 0.3) is 0 Å². The van der Waals surface area contributed by atoms with E-state index in [-0.39, 0.29) is 12.5 Å². The SMILES string of the molecule is CCCCCCCCC/C=C\CCCCCCCCCC(=O)NC(COC1OC(CO)C(OC2OC(CO)C(O)C(O)C2O)C(O)C1O)C(O)CCCCCCCCCCCCCCCCCCCCCCCCCCCCCCCCCCC. The molecule has 504 valence electrons. The van der Waals surface area contributed by atoms with Crippen molar-refractivity contribution in [2.24, 2.45) is 0 Å². The number of aliphatic hydroxyl groups is 8. The van der Waals surface area contributed by atoms with Gasteiger partial charge >= 0.3 is 0 Å². The van der Waals surface area contributed by atoms with Gasteiger partial charge in [-0.05, 0) is 38.5 Å². The number of carbonyl (C=O) groups excluding carboxylic acids is 1. The summed E-state index contributed by atoms with van der Waals surface area (Å²) >= 11 is 0. The van der Waals surface area contributed by atoms with Crippen molar-refractivity contribution >= 4 is 5.91 Å². The summed E-state index contributed by atoms with van der Waals surface area (Å²) in [6.07, 6.45) is 52.4. The number of hydrogen-bond acceptors (Lipinski definition) is 13. The van der Waals surface area contributed by atoms with E-state index in [1.807, 2.05) is 0 Å². The lowest BCUT2D eigenvalue weighted by Crippen LogP contribution is -2.65. The minimum Gasteiger partial charge on any atom is -0.394 e. The Morgan fingerprint density at radius 1 is 0.412 bits per heavy atom. The van der Waals surface area contributed by atoms with Gasteiger partial charge in [0.05, 0.1) is 32.0 Å². The lowest BCUT2D eigenvalue weighted by molar-refractivity contribution is -0.359. The molecule has 0 aromatic heterocycles. The maximum Gasteiger partial charge on any atom is 0.220 e. The smallest absolute Gasteiger partial charge is 0.220 e. The molecule has 2 saturated heterocycles. The minimum atomic E-state index is -1.78. The van der Waals surface area contributed by atoms with Crippen LogP contribution in [0.15, 0.2) is 12.2 Å². The highest BCUT2D eigenvalue weighted by atomic mass is 16.7. The number of aliphatic hydroxyl groups excluding tert-OH is 8. The molecule has 14 heteroatoms. The van der Waals surface area contributed by atoms with Crippen LogP contribution >= 0.6 is 0 Å². The Morgan fingerprint density at radius 3 is 1.12 bits per heavy atom. The first kappa shape index (κ1) is 79.8. The molecule has 0 aromatic carbocycles. The number of rotatable bonds is 61. The molecule has 2 fully saturated rings. The number of nitrogens with one attached hydrogen (secondary N) is 1. The fourth-order valence-electron chi connectivity index (χ4n) is 12.4. The van der Waals surface area contributed by atoms with E-state index in [0.717, 1.165) is 57.8 Å². The van der Waals surface area contributed by atoms with Crippen LogP contribution in [0.5, 0.6) is 0 Å². The first-order chi connectivity index (χ1) is 41.6. The van der Waals surface area contributed by atoms with E-state index in [1.165, 1.54) is 257 Å². The number of hydrogen-bond donors (Lipinski definition) is 9. The van der Waals surface area contributed by atoms with Gasteiger partial charge in [-0.3, -0.25) is 4.79 Å². The first-order valence-corrected chi connectivity index (χ1v) is 36.4. The van der Waals surface area contributed by atoms with Crippen molar-refractivity contribution in [3.8, 4) is 0 Å². The maximum absolute atomic E-state index is 13.3. The van der Waals surface area contributed by atoms with Gasteiger partial charge in [0.25, 0.3) is 0 Å². The Bertz CT molecular complexity index is 1470. The van der Waals surface area contributed by atoms with Gasteiger partial charge in [0.15, 0.2) is 12.6 Å². The van der Waals surface area contributed by atoms with E-state index < -0.39 is 86.8 Å². The summed E-state index contributed by atoms with van der Waals surface area (Å²) in [6.45, 7) is 2.91. The molecule has 2 aliphatic rings. The predicted molar refractivity (Wildman–Crippen MR) is 346 cm³/mol. The van der Waals surface area contributed by atoms with Crippen molar-refractivity contribution in [3.63, 3.8) is 0 Å². The Balaban J connectivity index is 1.62. The predicted octanol–water partition coefficient (Wildman–Crippen LogP) is 15.0. The van der Waals surface area contributed by atoms with E-state index in [2.05, 4.69) is 31.3 Å². The molecule has 9 N–H and O–H groups in total. The fourth-order valence-corrected chi connectivity index (χ4v) is 12.4. The molecular formula is C71H137NO13. The summed E-state index contributed by atoms with van der Waals surface area (Å²) in [7, 11) is 0. The van der Waals surface area contributed by atoms with E-state index >= 15 is 0 Å². The average molecular weight is 1210 g/mol. The van der Waals surface area contributed by atoms with E-state index in [9.17, 15) is 45.6 Å². The molecule has 0 radical (unpaired) electrons. The Morgan fingerprint density at radius 2 is 0.741 bits per heavy atom. The second kappa shape index (κ2) is 56.7. The molecule has 12 atom stereocenters. The van der Waals surface area contributed by atoms with Crippen molar-refractivity contribution in [2.75, 3.05) is 19.8 Å². The lowest BCUT2D eigenvalue weighted by atomic mass is 9.97. The topological polar surface area (TPSA) is 228 Å². The van der Waals surface area contributed by atoms with Gasteiger partial charge in [-0.15, -0.1) is 0 Å². The molecular weight excluding hydrogens is 1070 g/mol. The average Bonchev–Trinajstić information content (AvgIpc) is 3.69. The van der Waals surface area contributed by atoms with E-state index in [4.69, 9.17) is 18.9 Å². The molecule has 12 unspecified atom stereocenters. The van der Waals surface area contributed by atoms with Crippen molar-refractivity contribution in [2.45, 2.75) is 415 Å². The zero-order valence-corrected chi connectivity index (χ0v) is 54.9. The van der Waals surface area contributed by atoms with Crippen molar-refractivity contribution in [1.82, 2.24) is 5.32 Å². The molecule has 2 aliphatic heterocycles. The van der Waals surface area contributed by atoms with Crippen LogP contribution in [0.2, 0.25) is 0 Å². The van der Waals surface area contributed by atoms with Crippen LogP contribution in [-0.4, -0.2) is 140 Å². The third-order valence-electron chi connectivity index (χ3n) is 18.2. The third-order valence-corrected chi connectivity index (χ3v) is 18.2. The van der Waals surface area contributed by atoms with Gasteiger partial charge in [-0.1, -0.05) is 309 Å². The number of amides is 1. The highest BCUT2D eigenvalue weighted by molar-refractivity contribution is 5.76. The Hall–Kier alpha value is -1.27. The van der Waals surface area contributed by atoms with Crippen LogP contribution in [0.1, 0.15) is 341 Å². The Kier molecular flexibility index (Phi) is 53.2. The summed E-state index contributed by atoms with van der Waals surface area (Å²) in [5, 5.41) is 87.6. The summed E-state index contributed by atoms with van der Waals surface area (Å²) in [4.78, 5) is 13.3. The van der Waals surface area contributed by atoms with Gasteiger partial charge in [0, 0.05) is 6.42 Å². The van der Waals surface area contributed by atoms with E-state index in [0.29, 0.717) is 12.8 Å². The molecule has 0 saturated carbocycles. The summed E-state index contributed by atoms with van der Waals surface area (Å²) < 4.78 is 22.9. The summed E-state index contributed by atoms with van der Waals surface area (Å²) in [5.74, 6) is -0.205. The standard InChI is InChI=1S/C71H137NO13/c1-3-5-7-9-11-13-15-17-19-21-23-24-25-26-27-28-29-30-31-32-33-34-35-36-37-38-40-42-44-46-48-50-52-54-60(75)59(72-63(76)55-53-51-49-47-45-43-41-39-22-20-18-16-14-12-10-8-6-4-2)58-82-70-68(81)66(79)69(62(57-74)84-70)85-71-67(80)65(78)64(77)61(56-73)83-71/h20,22,59-62,64-71,73-75,77-81H,3-19,21,23-58H2,1-2H3,(H,72,76)/b22-20-. The normalized spacial score (nSPS) is 23.5. The first-order valence-electron chi connectivity index (χ1n) is 36.4. The molecule has 14 nitrogen and oxygen atoms in total. The number of allylic oxidation sites excluding steroid dienone is 2. The molecule has 2 heterocycles. The quantitative estimate of drug-likeness (QED) is 0.0204. The van der Waals surface area contributed by atoms with Gasteiger partial charge < -0.3 is 65.1 Å². The Labute approximate surface area is 520 Å². The van der Waals surface area contributed by atoms with Crippen molar-refractivity contribution in [3.05, 3.63) is 12.2 Å². The molecule has 1 amide bonds.